The minimum absolute atomic E-state index is 0.578. The fraction of sp³-hybridized carbons (Fsp3) is 0.125. The number of carbonyl (C=O) groups is 3. The molecule has 0 saturated heterocycles. The maximum Gasteiger partial charge on any atom is 0.434 e. The number of para-hydroxylation sites is 1. The highest BCUT2D eigenvalue weighted by Gasteiger charge is 2.37. The highest BCUT2D eigenvalue weighted by molar-refractivity contribution is 6.15. The number of aromatic nitrogens is 1. The molecule has 1 aromatic heterocycles. The number of aromatic carboxylic acids is 1. The highest BCUT2D eigenvalue weighted by Crippen LogP contribution is 2.31. The zero-order valence-corrected chi connectivity index (χ0v) is 12.3. The van der Waals surface area contributed by atoms with E-state index in [1.807, 2.05) is 0 Å². The maximum atomic E-state index is 12.9. The van der Waals surface area contributed by atoms with E-state index in [-0.39, 0.29) is 0 Å². The number of halogens is 3. The van der Waals surface area contributed by atoms with Gasteiger partial charge < -0.3 is 10.2 Å². The van der Waals surface area contributed by atoms with Crippen LogP contribution in [0.4, 0.5) is 13.2 Å². The van der Waals surface area contributed by atoms with Crippen LogP contribution in [0.2, 0.25) is 0 Å². The highest BCUT2D eigenvalue weighted by atomic mass is 19.4. The van der Waals surface area contributed by atoms with Gasteiger partial charge in [-0.1, -0.05) is 17.9 Å². The number of hydrogen-bond acceptors (Lipinski definition) is 5. The molecule has 130 valence electrons. The second-order valence-electron chi connectivity index (χ2n) is 4.91. The third kappa shape index (κ3) is 3.82. The Hall–Kier alpha value is -3.23. The van der Waals surface area contributed by atoms with Crippen LogP contribution in [0.15, 0.2) is 36.5 Å². The van der Waals surface area contributed by atoms with Crippen LogP contribution in [0.3, 0.4) is 0 Å². The van der Waals surface area contributed by atoms with E-state index in [1.54, 1.807) is 0 Å². The molecule has 6 nitrogen and oxygen atoms in total. The van der Waals surface area contributed by atoms with Gasteiger partial charge in [-0.3, -0.25) is 14.6 Å². The van der Waals surface area contributed by atoms with Crippen LogP contribution in [0.1, 0.15) is 43.2 Å². The minimum atomic E-state index is -4.89. The molecule has 0 unspecified atom stereocenters. The largest absolute Gasteiger partial charge is 0.871 e. The standard InChI is InChI=1S/C16H10F3NO5/c17-16(18,19)14-9(5-2-6-20-14)12(22)7-11(21)8-3-1-4-10(13(8)23)15(24)25/h1-6,23H,7H2,(H,24,25)/p-1. The van der Waals surface area contributed by atoms with Gasteiger partial charge in [0.1, 0.15) is 0 Å². The fourth-order valence-electron chi connectivity index (χ4n) is 2.12. The zero-order valence-electron chi connectivity index (χ0n) is 12.3. The van der Waals surface area contributed by atoms with E-state index in [0.29, 0.717) is 0 Å². The first-order valence-corrected chi connectivity index (χ1v) is 6.75. The third-order valence-corrected chi connectivity index (χ3v) is 3.24. The molecule has 0 aliphatic carbocycles. The van der Waals surface area contributed by atoms with Crippen molar-refractivity contribution in [3.63, 3.8) is 0 Å². The lowest BCUT2D eigenvalue weighted by Crippen LogP contribution is -2.18. The number of benzene rings is 1. The van der Waals surface area contributed by atoms with Crippen LogP contribution in [0.25, 0.3) is 0 Å². The van der Waals surface area contributed by atoms with Gasteiger partial charge in [0.25, 0.3) is 0 Å². The summed E-state index contributed by atoms with van der Waals surface area (Å²) < 4.78 is 38.6. The Morgan fingerprint density at radius 1 is 1.00 bits per heavy atom. The van der Waals surface area contributed by atoms with Gasteiger partial charge in [-0.25, -0.2) is 4.79 Å². The lowest BCUT2D eigenvalue weighted by molar-refractivity contribution is -0.269. The molecule has 9 heteroatoms. The number of carboxylic acid groups (broad SMARTS) is 1. The number of hydrogen-bond donors (Lipinski definition) is 1. The number of alkyl halides is 3. The smallest absolute Gasteiger partial charge is 0.434 e. The van der Waals surface area contributed by atoms with Gasteiger partial charge in [0.2, 0.25) is 0 Å². The van der Waals surface area contributed by atoms with E-state index in [4.69, 9.17) is 5.11 Å². The van der Waals surface area contributed by atoms with Crippen molar-refractivity contribution < 1.29 is 37.8 Å². The van der Waals surface area contributed by atoms with E-state index in [0.717, 1.165) is 36.5 Å². The van der Waals surface area contributed by atoms with Crippen molar-refractivity contribution in [1.29, 1.82) is 0 Å². The summed E-state index contributed by atoms with van der Waals surface area (Å²) in [6.45, 7) is 0. The van der Waals surface area contributed by atoms with E-state index >= 15 is 0 Å². The van der Waals surface area contributed by atoms with Gasteiger partial charge in [0.15, 0.2) is 17.3 Å². The summed E-state index contributed by atoms with van der Waals surface area (Å²) in [4.78, 5) is 38.1. The molecule has 25 heavy (non-hydrogen) atoms. The first kappa shape index (κ1) is 18.1. The van der Waals surface area contributed by atoms with Gasteiger partial charge in [-0.05, 0) is 18.2 Å². The summed E-state index contributed by atoms with van der Waals surface area (Å²) in [6.07, 6.45) is -5.05. The monoisotopic (exact) mass is 352 g/mol. The van der Waals surface area contributed by atoms with Crippen molar-refractivity contribution in [2.75, 3.05) is 0 Å². The summed E-state index contributed by atoms with van der Waals surface area (Å²) in [5, 5.41) is 20.7. The van der Waals surface area contributed by atoms with Crippen LogP contribution in [-0.4, -0.2) is 27.6 Å². The van der Waals surface area contributed by atoms with E-state index in [2.05, 4.69) is 4.98 Å². The Morgan fingerprint density at radius 2 is 1.56 bits per heavy atom. The summed E-state index contributed by atoms with van der Waals surface area (Å²) in [6, 6.07) is 5.10. The van der Waals surface area contributed by atoms with Crippen LogP contribution in [-0.2, 0) is 6.18 Å². The summed E-state index contributed by atoms with van der Waals surface area (Å²) in [5.41, 5.74) is -3.49. The molecule has 0 atom stereocenters. The number of rotatable bonds is 5. The number of nitrogens with zero attached hydrogens (tertiary/aromatic N) is 1. The Kier molecular flexibility index (Phi) is 4.87. The fourth-order valence-corrected chi connectivity index (χ4v) is 2.12. The Morgan fingerprint density at radius 3 is 2.16 bits per heavy atom. The van der Waals surface area contributed by atoms with Gasteiger partial charge >= 0.3 is 12.1 Å². The van der Waals surface area contributed by atoms with Crippen LogP contribution >= 0.6 is 0 Å². The lowest BCUT2D eigenvalue weighted by atomic mass is 9.98. The van der Waals surface area contributed by atoms with Crippen LogP contribution < -0.4 is 5.11 Å². The second kappa shape index (κ2) is 6.71. The van der Waals surface area contributed by atoms with Gasteiger partial charge in [-0.2, -0.15) is 13.2 Å². The van der Waals surface area contributed by atoms with Crippen molar-refractivity contribution in [3.05, 3.63) is 58.9 Å². The Balaban J connectivity index is 2.33. The number of ketones is 2. The quantitative estimate of drug-likeness (QED) is 0.654. The summed E-state index contributed by atoms with van der Waals surface area (Å²) in [7, 11) is 0. The average molecular weight is 352 g/mol. The van der Waals surface area contributed by atoms with Crippen molar-refractivity contribution in [3.8, 4) is 5.75 Å². The third-order valence-electron chi connectivity index (χ3n) is 3.24. The van der Waals surface area contributed by atoms with Crippen molar-refractivity contribution in [2.24, 2.45) is 0 Å². The molecule has 0 aliphatic rings. The topological polar surface area (TPSA) is 107 Å². The van der Waals surface area contributed by atoms with E-state index in [9.17, 15) is 32.7 Å². The molecule has 1 heterocycles. The SMILES string of the molecule is O=C(CC(=O)c1cccc(C(=O)O)c1[O-])c1cccnc1C(F)(F)F. The van der Waals surface area contributed by atoms with Crippen molar-refractivity contribution in [1.82, 2.24) is 4.98 Å². The summed E-state index contributed by atoms with van der Waals surface area (Å²) in [5.74, 6) is -4.91. The molecular formula is C16H9F3NO5-. The molecule has 0 fully saturated rings. The van der Waals surface area contributed by atoms with Crippen molar-refractivity contribution in [2.45, 2.75) is 12.6 Å². The molecule has 0 saturated carbocycles. The maximum absolute atomic E-state index is 12.9. The number of Topliss-reactive ketones (excluding diaryl/α,β-unsaturated/α-hetero) is 2. The molecule has 0 amide bonds. The predicted octanol–water partition coefficient (Wildman–Crippen LogP) is 2.33. The number of carbonyl (C=O) groups excluding carboxylic acids is 2. The second-order valence-corrected chi connectivity index (χ2v) is 4.91. The molecule has 0 radical (unpaired) electrons. The predicted molar refractivity (Wildman–Crippen MR) is 75.4 cm³/mol. The molecule has 1 aromatic carbocycles. The molecule has 2 aromatic rings. The van der Waals surface area contributed by atoms with E-state index in [1.165, 1.54) is 0 Å². The zero-order chi connectivity index (χ0) is 18.8. The molecule has 2 rings (SSSR count). The van der Waals surface area contributed by atoms with Gasteiger partial charge in [0, 0.05) is 17.3 Å². The number of pyridine rings is 1. The minimum Gasteiger partial charge on any atom is -0.871 e. The Labute approximate surface area is 138 Å². The first-order chi connectivity index (χ1) is 11.6. The van der Waals surface area contributed by atoms with Gasteiger partial charge in [0.05, 0.1) is 12.0 Å². The summed E-state index contributed by atoms with van der Waals surface area (Å²) >= 11 is 0. The normalized spacial score (nSPS) is 11.2. The van der Waals surface area contributed by atoms with E-state index < -0.39 is 58.3 Å². The van der Waals surface area contributed by atoms with Crippen LogP contribution in [0, 0.1) is 0 Å². The Bertz CT molecular complexity index is 861. The molecule has 1 N–H and O–H groups in total. The molecule has 0 bridgehead atoms. The lowest BCUT2D eigenvalue weighted by Gasteiger charge is -2.15. The van der Waals surface area contributed by atoms with Crippen molar-refractivity contribution >= 4 is 17.5 Å². The van der Waals surface area contributed by atoms with Crippen LogP contribution in [0.5, 0.6) is 5.75 Å². The molecule has 0 aliphatic heterocycles. The molecular weight excluding hydrogens is 343 g/mol. The average Bonchev–Trinajstić information content (AvgIpc) is 2.53. The van der Waals surface area contributed by atoms with Gasteiger partial charge in [-0.15, -0.1) is 0 Å². The number of carboxylic acids is 1. The first-order valence-electron chi connectivity index (χ1n) is 6.75. The molecule has 0 spiro atoms.